The number of amides is 1. The monoisotopic (exact) mass is 393 g/mol. The minimum atomic E-state index is -0.318. The molecule has 2 heterocycles. The first-order valence-electron chi connectivity index (χ1n) is 9.10. The Bertz CT molecular complexity index is 980. The van der Waals surface area contributed by atoms with Crippen LogP contribution in [0.5, 0.6) is 5.75 Å². The van der Waals surface area contributed by atoms with Gasteiger partial charge in [0, 0.05) is 41.8 Å². The number of guanidine groups is 1. The number of nitrogens with one attached hydrogen (secondary N) is 3. The van der Waals surface area contributed by atoms with Crippen molar-refractivity contribution < 1.29 is 9.53 Å². The Kier molecular flexibility index (Phi) is 6.51. The second-order valence-corrected chi connectivity index (χ2v) is 6.34. The SMILES string of the molecule is COc1cccc(C(=O)NC(=NCCc2cnc[nH]2)Nc2nc(C)cc(C)n2)c1. The first-order valence-corrected chi connectivity index (χ1v) is 9.10. The number of hydrogen-bond donors (Lipinski definition) is 3. The molecular formula is C20H23N7O2. The lowest BCUT2D eigenvalue weighted by atomic mass is 10.2. The highest BCUT2D eigenvalue weighted by Crippen LogP contribution is 2.12. The smallest absolute Gasteiger partial charge is 0.258 e. The van der Waals surface area contributed by atoms with Gasteiger partial charge >= 0.3 is 0 Å². The molecule has 9 heteroatoms. The second-order valence-electron chi connectivity index (χ2n) is 6.34. The van der Waals surface area contributed by atoms with Gasteiger partial charge in [-0.1, -0.05) is 6.07 Å². The molecule has 1 aromatic carbocycles. The highest BCUT2D eigenvalue weighted by Gasteiger charge is 2.12. The molecule has 0 spiro atoms. The highest BCUT2D eigenvalue weighted by molar-refractivity contribution is 6.09. The van der Waals surface area contributed by atoms with E-state index in [1.807, 2.05) is 19.9 Å². The Labute approximate surface area is 168 Å². The lowest BCUT2D eigenvalue weighted by Gasteiger charge is -2.12. The van der Waals surface area contributed by atoms with Gasteiger partial charge in [0.2, 0.25) is 11.9 Å². The standard InChI is InChI=1S/C20H23N7O2/c1-13-9-14(2)25-20(24-13)27-19(22-8-7-16-11-21-12-23-16)26-18(28)15-5-4-6-17(10-15)29-3/h4-6,9-12H,7-8H2,1-3H3,(H,21,23)(H2,22,24,25,26,27,28). The van der Waals surface area contributed by atoms with Crippen molar-refractivity contribution in [3.05, 3.63) is 65.5 Å². The molecule has 0 bridgehead atoms. The van der Waals surface area contributed by atoms with Gasteiger partial charge in [0.1, 0.15) is 5.75 Å². The molecule has 0 fully saturated rings. The van der Waals surface area contributed by atoms with Gasteiger partial charge in [-0.25, -0.2) is 15.0 Å². The fourth-order valence-corrected chi connectivity index (χ4v) is 2.65. The van der Waals surface area contributed by atoms with Crippen molar-refractivity contribution in [1.29, 1.82) is 0 Å². The summed E-state index contributed by atoms with van der Waals surface area (Å²) in [6, 6.07) is 8.76. The molecular weight excluding hydrogens is 370 g/mol. The molecule has 0 aliphatic carbocycles. The van der Waals surface area contributed by atoms with E-state index in [0.717, 1.165) is 17.1 Å². The molecule has 0 atom stereocenters. The van der Waals surface area contributed by atoms with Gasteiger partial charge in [-0.05, 0) is 38.1 Å². The van der Waals surface area contributed by atoms with E-state index < -0.39 is 0 Å². The lowest BCUT2D eigenvalue weighted by Crippen LogP contribution is -2.37. The predicted molar refractivity (Wildman–Crippen MR) is 110 cm³/mol. The van der Waals surface area contributed by atoms with Crippen LogP contribution in [0.4, 0.5) is 5.95 Å². The Morgan fingerprint density at radius 2 is 2.00 bits per heavy atom. The largest absolute Gasteiger partial charge is 0.497 e. The van der Waals surface area contributed by atoms with Crippen LogP contribution in [-0.4, -0.2) is 45.5 Å². The third kappa shape index (κ3) is 5.86. The maximum Gasteiger partial charge on any atom is 0.258 e. The van der Waals surface area contributed by atoms with Crippen molar-refractivity contribution in [3.8, 4) is 5.75 Å². The summed E-state index contributed by atoms with van der Waals surface area (Å²) in [5, 5.41) is 5.80. The zero-order valence-electron chi connectivity index (χ0n) is 16.6. The number of carbonyl (C=O) groups excluding carboxylic acids is 1. The molecule has 3 aromatic rings. The van der Waals surface area contributed by atoms with Gasteiger partial charge in [0.25, 0.3) is 5.91 Å². The maximum absolute atomic E-state index is 12.7. The molecule has 9 nitrogen and oxygen atoms in total. The van der Waals surface area contributed by atoms with Crippen LogP contribution in [0.25, 0.3) is 0 Å². The summed E-state index contributed by atoms with van der Waals surface area (Å²) in [6.07, 6.45) is 4.00. The molecule has 3 rings (SSSR count). The Morgan fingerprint density at radius 1 is 1.21 bits per heavy atom. The van der Waals surface area contributed by atoms with Gasteiger partial charge < -0.3 is 9.72 Å². The number of H-pyrrole nitrogens is 1. The van der Waals surface area contributed by atoms with E-state index in [9.17, 15) is 4.79 Å². The number of benzene rings is 1. The zero-order chi connectivity index (χ0) is 20.6. The summed E-state index contributed by atoms with van der Waals surface area (Å²) in [5.41, 5.74) is 3.04. The van der Waals surface area contributed by atoms with Crippen LogP contribution in [0.2, 0.25) is 0 Å². The molecule has 2 aromatic heterocycles. The van der Waals surface area contributed by atoms with Gasteiger partial charge in [-0.2, -0.15) is 0 Å². The number of aromatic nitrogens is 4. The molecule has 150 valence electrons. The van der Waals surface area contributed by atoms with Crippen LogP contribution >= 0.6 is 0 Å². The number of aryl methyl sites for hydroxylation is 2. The van der Waals surface area contributed by atoms with Gasteiger partial charge in [0.15, 0.2) is 0 Å². The van der Waals surface area contributed by atoms with E-state index in [4.69, 9.17) is 4.74 Å². The average molecular weight is 393 g/mol. The first kappa shape index (κ1) is 20.0. The quantitative estimate of drug-likeness (QED) is 0.437. The summed E-state index contributed by atoms with van der Waals surface area (Å²) < 4.78 is 5.18. The number of imidazole rings is 1. The van der Waals surface area contributed by atoms with E-state index in [1.165, 1.54) is 0 Å². The number of methoxy groups -OCH3 is 1. The molecule has 0 aliphatic heterocycles. The predicted octanol–water partition coefficient (Wildman–Crippen LogP) is 2.27. The van der Waals surface area contributed by atoms with Crippen LogP contribution in [0.15, 0.2) is 47.8 Å². The summed E-state index contributed by atoms with van der Waals surface area (Å²) in [4.78, 5) is 32.9. The summed E-state index contributed by atoms with van der Waals surface area (Å²) >= 11 is 0. The molecule has 3 N–H and O–H groups in total. The Balaban J connectivity index is 1.77. The fourth-order valence-electron chi connectivity index (χ4n) is 2.65. The number of aliphatic imine (C=N–C) groups is 1. The summed E-state index contributed by atoms with van der Waals surface area (Å²) in [6.45, 7) is 4.20. The minimum absolute atomic E-state index is 0.266. The Morgan fingerprint density at radius 3 is 2.69 bits per heavy atom. The van der Waals surface area contributed by atoms with E-state index >= 15 is 0 Å². The van der Waals surface area contributed by atoms with Crippen LogP contribution < -0.4 is 15.4 Å². The van der Waals surface area contributed by atoms with Crippen LogP contribution in [-0.2, 0) is 6.42 Å². The third-order valence-electron chi connectivity index (χ3n) is 3.98. The zero-order valence-corrected chi connectivity index (χ0v) is 16.6. The maximum atomic E-state index is 12.7. The number of anilines is 1. The molecule has 0 aliphatic rings. The van der Waals surface area contributed by atoms with E-state index in [0.29, 0.717) is 30.2 Å². The molecule has 1 amide bonds. The number of aromatic amines is 1. The topological polar surface area (TPSA) is 117 Å². The summed E-state index contributed by atoms with van der Waals surface area (Å²) in [7, 11) is 1.55. The minimum Gasteiger partial charge on any atom is -0.497 e. The van der Waals surface area contributed by atoms with Crippen LogP contribution in [0.1, 0.15) is 27.4 Å². The van der Waals surface area contributed by atoms with Crippen molar-refractivity contribution in [2.75, 3.05) is 19.0 Å². The van der Waals surface area contributed by atoms with E-state index in [2.05, 4.69) is 35.6 Å². The van der Waals surface area contributed by atoms with Crippen molar-refractivity contribution >= 4 is 17.8 Å². The number of rotatable bonds is 6. The average Bonchev–Trinajstić information content (AvgIpc) is 3.20. The van der Waals surface area contributed by atoms with Crippen molar-refractivity contribution in [2.45, 2.75) is 20.3 Å². The van der Waals surface area contributed by atoms with Crippen molar-refractivity contribution in [1.82, 2.24) is 25.3 Å². The van der Waals surface area contributed by atoms with Crippen LogP contribution in [0.3, 0.4) is 0 Å². The fraction of sp³-hybridized carbons (Fsp3) is 0.250. The normalized spacial score (nSPS) is 11.2. The number of nitrogens with zero attached hydrogens (tertiary/aromatic N) is 4. The van der Waals surface area contributed by atoms with E-state index in [1.54, 1.807) is 43.9 Å². The van der Waals surface area contributed by atoms with Gasteiger partial charge in [-0.3, -0.25) is 20.4 Å². The van der Waals surface area contributed by atoms with Crippen LogP contribution in [0, 0.1) is 13.8 Å². The van der Waals surface area contributed by atoms with Crippen molar-refractivity contribution in [3.63, 3.8) is 0 Å². The van der Waals surface area contributed by atoms with Gasteiger partial charge in [-0.15, -0.1) is 0 Å². The third-order valence-corrected chi connectivity index (χ3v) is 3.98. The Hall–Kier alpha value is -3.75. The highest BCUT2D eigenvalue weighted by atomic mass is 16.5. The summed E-state index contributed by atoms with van der Waals surface area (Å²) in [5.74, 6) is 0.915. The van der Waals surface area contributed by atoms with Gasteiger partial charge in [0.05, 0.1) is 13.4 Å². The molecule has 0 saturated carbocycles. The number of hydrogen-bond acceptors (Lipinski definition) is 6. The molecule has 29 heavy (non-hydrogen) atoms. The molecule has 0 saturated heterocycles. The number of carbonyl (C=O) groups is 1. The lowest BCUT2D eigenvalue weighted by molar-refractivity contribution is 0.0976. The molecule has 0 unspecified atom stereocenters. The second kappa shape index (κ2) is 9.45. The van der Waals surface area contributed by atoms with Crippen molar-refractivity contribution in [2.24, 2.45) is 4.99 Å². The first-order chi connectivity index (χ1) is 14.0. The number of ether oxygens (including phenoxy) is 1. The molecule has 0 radical (unpaired) electrons. The van der Waals surface area contributed by atoms with E-state index in [-0.39, 0.29) is 11.9 Å².